The number of hydrogen-bond donors (Lipinski definition) is 2. The number of nitrogens with two attached hydrogens (primary N) is 1. The summed E-state index contributed by atoms with van der Waals surface area (Å²) >= 11 is 13.4. The minimum Gasteiger partial charge on any atom is -0.347 e. The molecule has 0 atom stereocenters. The number of halogens is 2. The van der Waals surface area contributed by atoms with Gasteiger partial charge in [-0.25, -0.2) is 0 Å². The number of amides is 1. The van der Waals surface area contributed by atoms with Crippen LogP contribution < -0.4 is 11.1 Å². The SMILES string of the molecule is NCC#Cc1ccc(CNC(=O)c2cccc(Cl)c2Cl)s1. The first kappa shape index (κ1) is 15.9. The van der Waals surface area contributed by atoms with E-state index in [9.17, 15) is 4.79 Å². The molecule has 6 heteroatoms. The maximum atomic E-state index is 12.1. The Balaban J connectivity index is 2.01. The van der Waals surface area contributed by atoms with Gasteiger partial charge in [0.1, 0.15) is 0 Å². The molecule has 0 aliphatic carbocycles. The molecule has 2 aromatic rings. The molecule has 2 rings (SSSR count). The normalized spacial score (nSPS) is 9.86. The molecule has 0 saturated carbocycles. The predicted molar refractivity (Wildman–Crippen MR) is 87.9 cm³/mol. The summed E-state index contributed by atoms with van der Waals surface area (Å²) in [5.74, 6) is 5.49. The first-order chi connectivity index (χ1) is 10.1. The molecule has 3 nitrogen and oxygen atoms in total. The Bertz CT molecular complexity index is 716. The van der Waals surface area contributed by atoms with Crippen molar-refractivity contribution in [3.05, 3.63) is 55.7 Å². The quantitative estimate of drug-likeness (QED) is 0.843. The summed E-state index contributed by atoms with van der Waals surface area (Å²) in [5.41, 5.74) is 5.69. The molecule has 3 N–H and O–H groups in total. The van der Waals surface area contributed by atoms with Crippen molar-refractivity contribution >= 4 is 40.4 Å². The standard InChI is InChI=1S/C15H12Cl2N2OS/c16-13-5-1-4-12(14(13)17)15(20)19-9-11-7-6-10(21-11)3-2-8-18/h1,4-7H,8-9,18H2,(H,19,20). The van der Waals surface area contributed by atoms with Gasteiger partial charge in [-0.1, -0.05) is 41.1 Å². The second kappa shape index (κ2) is 7.48. The third kappa shape index (κ3) is 4.23. The van der Waals surface area contributed by atoms with Gasteiger partial charge in [-0.2, -0.15) is 0 Å². The highest BCUT2D eigenvalue weighted by Gasteiger charge is 2.12. The van der Waals surface area contributed by atoms with E-state index in [2.05, 4.69) is 17.2 Å². The number of hydrogen-bond acceptors (Lipinski definition) is 3. The highest BCUT2D eigenvalue weighted by atomic mass is 35.5. The van der Waals surface area contributed by atoms with Gasteiger partial charge in [0.05, 0.1) is 33.6 Å². The largest absolute Gasteiger partial charge is 0.347 e. The van der Waals surface area contributed by atoms with Crippen molar-refractivity contribution in [1.82, 2.24) is 5.32 Å². The second-order valence-corrected chi connectivity index (χ2v) is 6.01. The number of benzene rings is 1. The van der Waals surface area contributed by atoms with Crippen molar-refractivity contribution < 1.29 is 4.79 Å². The van der Waals surface area contributed by atoms with Gasteiger partial charge in [-0.3, -0.25) is 4.79 Å². The Kier molecular flexibility index (Phi) is 5.66. The van der Waals surface area contributed by atoms with E-state index >= 15 is 0 Å². The molecule has 0 unspecified atom stereocenters. The van der Waals surface area contributed by atoms with Crippen LogP contribution in [0.4, 0.5) is 0 Å². The number of carbonyl (C=O) groups excluding carboxylic acids is 1. The monoisotopic (exact) mass is 338 g/mol. The van der Waals surface area contributed by atoms with E-state index in [1.165, 1.54) is 11.3 Å². The van der Waals surface area contributed by atoms with Crippen LogP contribution in [0.1, 0.15) is 20.1 Å². The van der Waals surface area contributed by atoms with E-state index in [1.807, 2.05) is 12.1 Å². The second-order valence-electron chi connectivity index (χ2n) is 4.06. The smallest absolute Gasteiger partial charge is 0.253 e. The number of rotatable bonds is 3. The summed E-state index contributed by atoms with van der Waals surface area (Å²) in [4.78, 5) is 14.0. The molecule has 21 heavy (non-hydrogen) atoms. The lowest BCUT2D eigenvalue weighted by Crippen LogP contribution is -2.22. The van der Waals surface area contributed by atoms with E-state index in [-0.39, 0.29) is 10.9 Å². The Labute approximate surface area is 137 Å². The summed E-state index contributed by atoms with van der Waals surface area (Å²) in [6.45, 7) is 0.744. The Morgan fingerprint density at radius 2 is 2.10 bits per heavy atom. The predicted octanol–water partition coefficient (Wildman–Crippen LogP) is 3.30. The highest BCUT2D eigenvalue weighted by molar-refractivity contribution is 7.12. The van der Waals surface area contributed by atoms with Crippen LogP contribution in [0.5, 0.6) is 0 Å². The lowest BCUT2D eigenvalue weighted by atomic mass is 10.2. The summed E-state index contributed by atoms with van der Waals surface area (Å²) in [5, 5.41) is 3.43. The van der Waals surface area contributed by atoms with Crippen molar-refractivity contribution in [2.45, 2.75) is 6.54 Å². The summed E-state index contributed by atoms with van der Waals surface area (Å²) < 4.78 is 0. The van der Waals surface area contributed by atoms with Gasteiger partial charge in [-0.15, -0.1) is 11.3 Å². The molecule has 0 fully saturated rings. The van der Waals surface area contributed by atoms with Crippen LogP contribution in [-0.4, -0.2) is 12.5 Å². The minimum atomic E-state index is -0.259. The lowest BCUT2D eigenvalue weighted by molar-refractivity contribution is 0.0951. The number of thiophene rings is 1. The van der Waals surface area contributed by atoms with E-state index in [1.54, 1.807) is 18.2 Å². The zero-order valence-corrected chi connectivity index (χ0v) is 13.3. The van der Waals surface area contributed by atoms with Crippen molar-refractivity contribution in [1.29, 1.82) is 0 Å². The average molecular weight is 339 g/mol. The van der Waals surface area contributed by atoms with Crippen LogP contribution in [0.2, 0.25) is 10.0 Å². The lowest BCUT2D eigenvalue weighted by Gasteiger charge is -2.06. The topological polar surface area (TPSA) is 55.1 Å². The number of nitrogens with one attached hydrogen (secondary N) is 1. The molecule has 0 bridgehead atoms. The highest BCUT2D eigenvalue weighted by Crippen LogP contribution is 2.25. The zero-order chi connectivity index (χ0) is 15.2. The van der Waals surface area contributed by atoms with Crippen LogP contribution in [0.15, 0.2) is 30.3 Å². The molecule has 108 valence electrons. The van der Waals surface area contributed by atoms with Gasteiger partial charge >= 0.3 is 0 Å². The summed E-state index contributed by atoms with van der Waals surface area (Å²) in [7, 11) is 0. The van der Waals surface area contributed by atoms with Gasteiger partial charge in [0.25, 0.3) is 5.91 Å². The van der Waals surface area contributed by atoms with E-state index in [0.29, 0.717) is 23.7 Å². The average Bonchev–Trinajstić information content (AvgIpc) is 2.93. The Morgan fingerprint density at radius 1 is 1.29 bits per heavy atom. The summed E-state index contributed by atoms with van der Waals surface area (Å²) in [6, 6.07) is 8.79. The maximum Gasteiger partial charge on any atom is 0.253 e. The van der Waals surface area contributed by atoms with Crippen LogP contribution in [-0.2, 0) is 6.54 Å². The third-order valence-electron chi connectivity index (χ3n) is 2.59. The van der Waals surface area contributed by atoms with E-state index < -0.39 is 0 Å². The molecule has 1 aromatic carbocycles. The van der Waals surface area contributed by atoms with Crippen molar-refractivity contribution in [2.75, 3.05) is 6.54 Å². The number of carbonyl (C=O) groups is 1. The van der Waals surface area contributed by atoms with Crippen LogP contribution in [0.25, 0.3) is 0 Å². The van der Waals surface area contributed by atoms with Gasteiger partial charge in [-0.05, 0) is 24.3 Å². The zero-order valence-electron chi connectivity index (χ0n) is 11.0. The van der Waals surface area contributed by atoms with Gasteiger partial charge in [0.15, 0.2) is 0 Å². The minimum absolute atomic E-state index is 0.259. The Hall–Kier alpha value is -1.51. The molecule has 0 aliphatic heterocycles. The fraction of sp³-hybridized carbons (Fsp3) is 0.133. The van der Waals surface area contributed by atoms with Crippen molar-refractivity contribution in [3.8, 4) is 11.8 Å². The van der Waals surface area contributed by atoms with Gasteiger partial charge < -0.3 is 11.1 Å². The fourth-order valence-corrected chi connectivity index (χ4v) is 2.83. The molecule has 1 heterocycles. The summed E-state index contributed by atoms with van der Waals surface area (Å²) in [6.07, 6.45) is 0. The molecule has 1 amide bonds. The van der Waals surface area contributed by atoms with Crippen LogP contribution in [0.3, 0.4) is 0 Å². The molecule has 0 spiro atoms. The van der Waals surface area contributed by atoms with E-state index in [0.717, 1.165) is 9.75 Å². The molecular weight excluding hydrogens is 327 g/mol. The molecular formula is C15H12Cl2N2OS. The Morgan fingerprint density at radius 3 is 2.86 bits per heavy atom. The fourth-order valence-electron chi connectivity index (χ4n) is 1.62. The van der Waals surface area contributed by atoms with Crippen LogP contribution in [0, 0.1) is 11.8 Å². The van der Waals surface area contributed by atoms with Crippen molar-refractivity contribution in [2.24, 2.45) is 5.73 Å². The third-order valence-corrected chi connectivity index (χ3v) is 4.41. The maximum absolute atomic E-state index is 12.1. The molecule has 1 aromatic heterocycles. The molecule has 0 radical (unpaired) electrons. The first-order valence-electron chi connectivity index (χ1n) is 6.11. The molecule has 0 aliphatic rings. The molecule has 0 saturated heterocycles. The van der Waals surface area contributed by atoms with E-state index in [4.69, 9.17) is 28.9 Å². The van der Waals surface area contributed by atoms with Gasteiger partial charge in [0, 0.05) is 4.88 Å². The first-order valence-corrected chi connectivity index (χ1v) is 7.69. The van der Waals surface area contributed by atoms with Gasteiger partial charge in [0.2, 0.25) is 0 Å². The van der Waals surface area contributed by atoms with Crippen molar-refractivity contribution in [3.63, 3.8) is 0 Å². The van der Waals surface area contributed by atoms with Crippen LogP contribution >= 0.6 is 34.5 Å².